The molecule has 0 heterocycles. The van der Waals surface area contributed by atoms with E-state index in [4.69, 9.17) is 16.3 Å². The predicted molar refractivity (Wildman–Crippen MR) is 75.5 cm³/mol. The van der Waals surface area contributed by atoms with E-state index in [9.17, 15) is 9.90 Å². The molecule has 0 aliphatic rings. The fourth-order valence-corrected chi connectivity index (χ4v) is 1.77. The maximum Gasteiger partial charge on any atom is 0.325 e. The summed E-state index contributed by atoms with van der Waals surface area (Å²) in [5, 5.41) is 12.8. The van der Waals surface area contributed by atoms with Gasteiger partial charge in [0.15, 0.2) is 0 Å². The lowest BCUT2D eigenvalue weighted by Crippen LogP contribution is -2.29. The van der Waals surface area contributed by atoms with Crippen molar-refractivity contribution in [3.63, 3.8) is 0 Å². The minimum absolute atomic E-state index is 0.200. The molecule has 0 saturated carbocycles. The summed E-state index contributed by atoms with van der Waals surface area (Å²) in [5.41, 5.74) is 0.696. The van der Waals surface area contributed by atoms with E-state index in [-0.39, 0.29) is 6.10 Å². The standard InChI is InChI=1S/C14H20ClNO3/c1-10(2)19-9-3-8-16-13(14(17)18)11-4-6-12(15)7-5-11/h4-7,10,13,16H,3,8-9H2,1-2H3,(H,17,18). The Kier molecular flexibility index (Phi) is 6.84. The first kappa shape index (κ1) is 16.0. The Morgan fingerprint density at radius 2 is 2.00 bits per heavy atom. The van der Waals surface area contributed by atoms with Gasteiger partial charge in [0.1, 0.15) is 6.04 Å². The highest BCUT2D eigenvalue weighted by molar-refractivity contribution is 6.30. The van der Waals surface area contributed by atoms with Gasteiger partial charge in [-0.15, -0.1) is 0 Å². The lowest BCUT2D eigenvalue weighted by molar-refractivity contribution is -0.139. The van der Waals surface area contributed by atoms with E-state index >= 15 is 0 Å². The summed E-state index contributed by atoms with van der Waals surface area (Å²) in [6.45, 7) is 5.16. The molecule has 0 bridgehead atoms. The third kappa shape index (κ3) is 6.05. The third-order valence-electron chi connectivity index (χ3n) is 2.57. The minimum atomic E-state index is -0.896. The van der Waals surface area contributed by atoms with Crippen molar-refractivity contribution in [2.24, 2.45) is 0 Å². The smallest absolute Gasteiger partial charge is 0.325 e. The number of hydrogen-bond acceptors (Lipinski definition) is 3. The van der Waals surface area contributed by atoms with Crippen LogP contribution in [0, 0.1) is 0 Å². The van der Waals surface area contributed by atoms with Crippen LogP contribution in [0.1, 0.15) is 31.9 Å². The van der Waals surface area contributed by atoms with E-state index in [1.165, 1.54) is 0 Å². The molecule has 1 aromatic rings. The number of carboxylic acid groups (broad SMARTS) is 1. The van der Waals surface area contributed by atoms with Crippen molar-refractivity contribution in [3.8, 4) is 0 Å². The van der Waals surface area contributed by atoms with Gasteiger partial charge in [-0.3, -0.25) is 4.79 Å². The Hall–Kier alpha value is -1.10. The largest absolute Gasteiger partial charge is 0.480 e. The van der Waals surface area contributed by atoms with Crippen LogP contribution in [-0.4, -0.2) is 30.3 Å². The van der Waals surface area contributed by atoms with Crippen molar-refractivity contribution in [3.05, 3.63) is 34.9 Å². The van der Waals surface area contributed by atoms with Crippen LogP contribution < -0.4 is 5.32 Å². The molecule has 4 nitrogen and oxygen atoms in total. The van der Waals surface area contributed by atoms with Gasteiger partial charge >= 0.3 is 5.97 Å². The molecule has 5 heteroatoms. The zero-order chi connectivity index (χ0) is 14.3. The molecule has 0 aromatic heterocycles. The lowest BCUT2D eigenvalue weighted by Gasteiger charge is -2.15. The van der Waals surface area contributed by atoms with Crippen molar-refractivity contribution < 1.29 is 14.6 Å². The van der Waals surface area contributed by atoms with Crippen LogP contribution >= 0.6 is 11.6 Å². The fraction of sp³-hybridized carbons (Fsp3) is 0.500. The van der Waals surface area contributed by atoms with E-state index in [0.717, 1.165) is 6.42 Å². The summed E-state index contributed by atoms with van der Waals surface area (Å²) in [6, 6.07) is 6.11. The Balaban J connectivity index is 2.45. The number of ether oxygens (including phenoxy) is 1. The van der Waals surface area contributed by atoms with Crippen molar-refractivity contribution >= 4 is 17.6 Å². The normalized spacial score (nSPS) is 12.6. The molecule has 106 valence electrons. The molecule has 19 heavy (non-hydrogen) atoms. The number of hydrogen-bond donors (Lipinski definition) is 2. The van der Waals surface area contributed by atoms with E-state index in [0.29, 0.717) is 23.7 Å². The van der Waals surface area contributed by atoms with Crippen molar-refractivity contribution in [1.29, 1.82) is 0 Å². The summed E-state index contributed by atoms with van der Waals surface area (Å²) in [5.74, 6) is -0.896. The van der Waals surface area contributed by atoms with E-state index < -0.39 is 12.0 Å². The van der Waals surface area contributed by atoms with Gasteiger partial charge in [-0.25, -0.2) is 0 Å². The van der Waals surface area contributed by atoms with Crippen LogP contribution in [-0.2, 0) is 9.53 Å². The summed E-state index contributed by atoms with van der Waals surface area (Å²) in [4.78, 5) is 11.2. The van der Waals surface area contributed by atoms with E-state index in [1.54, 1.807) is 24.3 Å². The number of benzene rings is 1. The zero-order valence-corrected chi connectivity index (χ0v) is 12.0. The second-order valence-electron chi connectivity index (χ2n) is 4.55. The second kappa shape index (κ2) is 8.15. The highest BCUT2D eigenvalue weighted by Gasteiger charge is 2.18. The molecule has 0 radical (unpaired) electrons. The molecule has 1 atom stereocenters. The topological polar surface area (TPSA) is 58.6 Å². The molecule has 0 amide bonds. The average molecular weight is 286 g/mol. The lowest BCUT2D eigenvalue weighted by atomic mass is 10.1. The molecule has 0 fully saturated rings. The quantitative estimate of drug-likeness (QED) is 0.721. The molecule has 0 saturated heterocycles. The van der Waals surface area contributed by atoms with Gasteiger partial charge in [0.2, 0.25) is 0 Å². The van der Waals surface area contributed by atoms with Gasteiger partial charge in [0, 0.05) is 11.6 Å². The highest BCUT2D eigenvalue weighted by atomic mass is 35.5. The number of carboxylic acids is 1. The summed E-state index contributed by atoms with van der Waals surface area (Å²) < 4.78 is 5.40. The minimum Gasteiger partial charge on any atom is -0.480 e. The van der Waals surface area contributed by atoms with Gasteiger partial charge in [-0.05, 0) is 44.5 Å². The molecule has 0 aliphatic carbocycles. The van der Waals surface area contributed by atoms with Crippen molar-refractivity contribution in [2.45, 2.75) is 32.4 Å². The Morgan fingerprint density at radius 3 is 2.53 bits per heavy atom. The average Bonchev–Trinajstić information content (AvgIpc) is 2.34. The monoisotopic (exact) mass is 285 g/mol. The SMILES string of the molecule is CC(C)OCCCNC(C(=O)O)c1ccc(Cl)cc1. The summed E-state index contributed by atoms with van der Waals surface area (Å²) in [6.07, 6.45) is 0.974. The molecule has 1 aromatic carbocycles. The number of carbonyl (C=O) groups is 1. The number of rotatable bonds is 8. The number of halogens is 1. The molecule has 1 rings (SSSR count). The van der Waals surface area contributed by atoms with Gasteiger partial charge in [0.05, 0.1) is 6.10 Å². The third-order valence-corrected chi connectivity index (χ3v) is 2.82. The predicted octanol–water partition coefficient (Wildman–Crippen LogP) is 2.87. The van der Waals surface area contributed by atoms with Gasteiger partial charge in [-0.1, -0.05) is 23.7 Å². The maximum absolute atomic E-state index is 11.2. The van der Waals surface area contributed by atoms with Crippen molar-refractivity contribution in [2.75, 3.05) is 13.2 Å². The fourth-order valence-electron chi connectivity index (χ4n) is 1.64. The number of nitrogens with one attached hydrogen (secondary N) is 1. The van der Waals surface area contributed by atoms with Crippen LogP contribution in [0.4, 0.5) is 0 Å². The maximum atomic E-state index is 11.2. The van der Waals surface area contributed by atoms with Gasteiger partial charge < -0.3 is 15.2 Å². The summed E-state index contributed by atoms with van der Waals surface area (Å²) >= 11 is 5.79. The first-order valence-electron chi connectivity index (χ1n) is 6.34. The van der Waals surface area contributed by atoms with Crippen LogP contribution in [0.2, 0.25) is 5.02 Å². The first-order valence-corrected chi connectivity index (χ1v) is 6.71. The van der Waals surface area contributed by atoms with E-state index in [2.05, 4.69) is 5.32 Å². The molecular formula is C14H20ClNO3. The first-order chi connectivity index (χ1) is 9.00. The highest BCUT2D eigenvalue weighted by Crippen LogP contribution is 2.16. The zero-order valence-electron chi connectivity index (χ0n) is 11.2. The van der Waals surface area contributed by atoms with E-state index in [1.807, 2.05) is 13.8 Å². The second-order valence-corrected chi connectivity index (χ2v) is 4.99. The van der Waals surface area contributed by atoms with Crippen molar-refractivity contribution in [1.82, 2.24) is 5.32 Å². The van der Waals surface area contributed by atoms with Crippen LogP contribution in [0.3, 0.4) is 0 Å². The van der Waals surface area contributed by atoms with Crippen LogP contribution in [0.25, 0.3) is 0 Å². The Bertz CT molecular complexity index is 392. The Morgan fingerprint density at radius 1 is 1.37 bits per heavy atom. The molecular weight excluding hydrogens is 266 g/mol. The molecule has 0 spiro atoms. The number of aliphatic carboxylic acids is 1. The molecule has 1 unspecified atom stereocenters. The van der Waals surface area contributed by atoms with Gasteiger partial charge in [0.25, 0.3) is 0 Å². The van der Waals surface area contributed by atoms with Crippen LogP contribution in [0.15, 0.2) is 24.3 Å². The summed E-state index contributed by atoms with van der Waals surface area (Å²) in [7, 11) is 0. The Labute approximate surface area is 118 Å². The molecule has 0 aliphatic heterocycles. The van der Waals surface area contributed by atoms with Gasteiger partial charge in [-0.2, -0.15) is 0 Å². The molecule has 2 N–H and O–H groups in total. The van der Waals surface area contributed by atoms with Crippen LogP contribution in [0.5, 0.6) is 0 Å².